The summed E-state index contributed by atoms with van der Waals surface area (Å²) in [7, 11) is 0. The van der Waals surface area contributed by atoms with Crippen molar-refractivity contribution < 1.29 is 18.3 Å². The number of ether oxygens (including phenoxy) is 1. The van der Waals surface area contributed by atoms with Crippen molar-refractivity contribution in [3.63, 3.8) is 0 Å². The molecule has 1 saturated carbocycles. The Balaban J connectivity index is 2.06. The van der Waals surface area contributed by atoms with Crippen LogP contribution >= 0.6 is 0 Å². The summed E-state index contributed by atoms with van der Waals surface area (Å²) in [5.41, 5.74) is 0. The first-order chi connectivity index (χ1) is 9.61. The quantitative estimate of drug-likeness (QED) is 0.640. The van der Waals surface area contributed by atoms with Crippen LogP contribution < -0.4 is 10.6 Å². The average molecular weight is 292 g/mol. The number of rotatable bonds is 9. The van der Waals surface area contributed by atoms with Crippen LogP contribution in [0.3, 0.4) is 0 Å². The van der Waals surface area contributed by atoms with Gasteiger partial charge in [-0.15, -0.1) is 0 Å². The molecule has 0 heterocycles. The molecule has 6 heteroatoms. The number of halogens is 2. The van der Waals surface area contributed by atoms with Gasteiger partial charge in [-0.05, 0) is 38.6 Å². The van der Waals surface area contributed by atoms with Crippen molar-refractivity contribution in [2.24, 2.45) is 0 Å². The van der Waals surface area contributed by atoms with Gasteiger partial charge in [-0.2, -0.15) is 0 Å². The molecule has 2 N–H and O–H groups in total. The van der Waals surface area contributed by atoms with E-state index in [4.69, 9.17) is 4.74 Å². The Hall–Kier alpha value is -0.750. The molecule has 0 spiro atoms. The predicted octanol–water partition coefficient (Wildman–Crippen LogP) is 2.09. The number of alkyl halides is 2. The van der Waals surface area contributed by atoms with Gasteiger partial charge in [0, 0.05) is 18.5 Å². The van der Waals surface area contributed by atoms with Gasteiger partial charge in [0.05, 0.1) is 6.61 Å². The fourth-order valence-electron chi connectivity index (χ4n) is 2.43. The van der Waals surface area contributed by atoms with Gasteiger partial charge in [0.25, 0.3) is 6.43 Å². The van der Waals surface area contributed by atoms with Crippen molar-refractivity contribution >= 4 is 5.91 Å². The fourth-order valence-corrected chi connectivity index (χ4v) is 2.43. The number of hydrogen-bond donors (Lipinski definition) is 2. The first-order valence-electron chi connectivity index (χ1n) is 7.50. The van der Waals surface area contributed by atoms with Gasteiger partial charge >= 0.3 is 0 Å². The summed E-state index contributed by atoms with van der Waals surface area (Å²) in [5.74, 6) is -0.107. The highest BCUT2D eigenvalue weighted by Crippen LogP contribution is 2.18. The van der Waals surface area contributed by atoms with E-state index < -0.39 is 13.0 Å². The molecule has 1 amide bonds. The Morgan fingerprint density at radius 1 is 1.25 bits per heavy atom. The Bertz CT molecular complexity index is 270. The molecular formula is C14H26F2N2O2. The Morgan fingerprint density at radius 3 is 2.50 bits per heavy atom. The zero-order valence-corrected chi connectivity index (χ0v) is 12.2. The minimum Gasteiger partial charge on any atom is -0.375 e. The van der Waals surface area contributed by atoms with Crippen LogP contribution in [-0.4, -0.2) is 44.2 Å². The van der Waals surface area contributed by atoms with Crippen molar-refractivity contribution in [3.8, 4) is 0 Å². The molecule has 4 nitrogen and oxygen atoms in total. The van der Waals surface area contributed by atoms with Crippen LogP contribution in [0.25, 0.3) is 0 Å². The third-order valence-corrected chi connectivity index (χ3v) is 3.49. The molecule has 0 aliphatic heterocycles. The minimum absolute atomic E-state index is 0.0591. The maximum absolute atomic E-state index is 11.8. The maximum atomic E-state index is 11.8. The van der Waals surface area contributed by atoms with E-state index in [2.05, 4.69) is 17.6 Å². The SMILES string of the molecule is CCCNC1CCC(NC(=O)CCOCC(F)F)CC1. The summed E-state index contributed by atoms with van der Waals surface area (Å²) in [6.07, 6.45) is 2.93. The smallest absolute Gasteiger partial charge is 0.261 e. The predicted molar refractivity (Wildman–Crippen MR) is 73.9 cm³/mol. The van der Waals surface area contributed by atoms with Gasteiger partial charge in [0.2, 0.25) is 5.91 Å². The van der Waals surface area contributed by atoms with E-state index in [-0.39, 0.29) is 25.0 Å². The topological polar surface area (TPSA) is 50.4 Å². The van der Waals surface area contributed by atoms with E-state index in [0.29, 0.717) is 6.04 Å². The second-order valence-corrected chi connectivity index (χ2v) is 5.29. The highest BCUT2D eigenvalue weighted by molar-refractivity contribution is 5.76. The van der Waals surface area contributed by atoms with Gasteiger partial charge in [-0.25, -0.2) is 8.78 Å². The van der Waals surface area contributed by atoms with Gasteiger partial charge in [0.1, 0.15) is 6.61 Å². The lowest BCUT2D eigenvalue weighted by Crippen LogP contribution is -2.42. The summed E-state index contributed by atoms with van der Waals surface area (Å²) in [6.45, 7) is 2.66. The molecule has 0 unspecified atom stereocenters. The average Bonchev–Trinajstić information content (AvgIpc) is 2.43. The molecule has 0 aromatic rings. The summed E-state index contributed by atoms with van der Waals surface area (Å²) in [6, 6.07) is 0.787. The molecule has 1 fully saturated rings. The lowest BCUT2D eigenvalue weighted by molar-refractivity contribution is -0.123. The number of nitrogens with one attached hydrogen (secondary N) is 2. The van der Waals surface area contributed by atoms with Gasteiger partial charge in [-0.3, -0.25) is 4.79 Å². The zero-order valence-electron chi connectivity index (χ0n) is 12.2. The van der Waals surface area contributed by atoms with Crippen LogP contribution in [0.15, 0.2) is 0 Å². The van der Waals surface area contributed by atoms with Gasteiger partial charge in [-0.1, -0.05) is 6.92 Å². The summed E-state index contributed by atoms with van der Waals surface area (Å²) in [4.78, 5) is 11.6. The number of hydrogen-bond acceptors (Lipinski definition) is 3. The minimum atomic E-state index is -2.47. The van der Waals surface area contributed by atoms with Crippen LogP contribution in [0.5, 0.6) is 0 Å². The highest BCUT2D eigenvalue weighted by atomic mass is 19.3. The van der Waals surface area contributed by atoms with Crippen LogP contribution in [0.4, 0.5) is 8.78 Å². The molecule has 0 aromatic heterocycles. The van der Waals surface area contributed by atoms with Crippen molar-refractivity contribution in [1.29, 1.82) is 0 Å². The molecule has 0 atom stereocenters. The fraction of sp³-hybridized carbons (Fsp3) is 0.929. The van der Waals surface area contributed by atoms with Crippen molar-refractivity contribution in [3.05, 3.63) is 0 Å². The zero-order chi connectivity index (χ0) is 14.8. The first-order valence-corrected chi connectivity index (χ1v) is 7.50. The molecule has 1 aliphatic carbocycles. The molecule has 0 bridgehead atoms. The molecule has 0 aromatic carbocycles. The third-order valence-electron chi connectivity index (χ3n) is 3.49. The number of amides is 1. The Morgan fingerprint density at radius 2 is 1.90 bits per heavy atom. The van der Waals surface area contributed by atoms with Crippen LogP contribution in [-0.2, 0) is 9.53 Å². The van der Waals surface area contributed by atoms with Crippen LogP contribution in [0.1, 0.15) is 45.4 Å². The monoisotopic (exact) mass is 292 g/mol. The highest BCUT2D eigenvalue weighted by Gasteiger charge is 2.21. The Kier molecular flexibility index (Phi) is 8.69. The Labute approximate surface area is 119 Å². The normalized spacial score (nSPS) is 23.0. The lowest BCUT2D eigenvalue weighted by Gasteiger charge is -2.29. The molecule has 118 valence electrons. The second-order valence-electron chi connectivity index (χ2n) is 5.29. The van der Waals surface area contributed by atoms with Gasteiger partial charge < -0.3 is 15.4 Å². The molecule has 1 rings (SSSR count). The lowest BCUT2D eigenvalue weighted by atomic mass is 9.91. The molecule has 0 saturated heterocycles. The summed E-state index contributed by atoms with van der Waals surface area (Å²) in [5, 5.41) is 6.44. The van der Waals surface area contributed by atoms with Crippen LogP contribution in [0, 0.1) is 0 Å². The third kappa shape index (κ3) is 7.75. The molecule has 1 aliphatic rings. The van der Waals surface area contributed by atoms with E-state index in [1.54, 1.807) is 0 Å². The van der Waals surface area contributed by atoms with Gasteiger partial charge in [0.15, 0.2) is 0 Å². The number of carbonyl (C=O) groups excluding carboxylic acids is 1. The van der Waals surface area contributed by atoms with E-state index in [9.17, 15) is 13.6 Å². The molecule has 20 heavy (non-hydrogen) atoms. The van der Waals surface area contributed by atoms with E-state index in [1.807, 2.05) is 0 Å². The second kappa shape index (κ2) is 10.0. The maximum Gasteiger partial charge on any atom is 0.261 e. The standard InChI is InChI=1S/C14H26F2N2O2/c1-2-8-17-11-3-5-12(6-4-11)18-14(19)7-9-20-10-13(15)16/h11-13,17H,2-10H2,1H3,(H,18,19). The van der Waals surface area contributed by atoms with E-state index in [1.165, 1.54) is 0 Å². The number of carbonyl (C=O) groups is 1. The van der Waals surface area contributed by atoms with Crippen LogP contribution in [0.2, 0.25) is 0 Å². The van der Waals surface area contributed by atoms with Crippen molar-refractivity contribution in [2.45, 2.75) is 64.0 Å². The van der Waals surface area contributed by atoms with E-state index in [0.717, 1.165) is 38.6 Å². The summed E-state index contributed by atoms with van der Waals surface area (Å²) < 4.78 is 28.3. The molecule has 0 radical (unpaired) electrons. The van der Waals surface area contributed by atoms with Crippen molar-refractivity contribution in [1.82, 2.24) is 10.6 Å². The van der Waals surface area contributed by atoms with Crippen molar-refractivity contribution in [2.75, 3.05) is 19.8 Å². The largest absolute Gasteiger partial charge is 0.375 e. The van der Waals surface area contributed by atoms with E-state index >= 15 is 0 Å². The molecular weight excluding hydrogens is 266 g/mol. The summed E-state index contributed by atoms with van der Waals surface area (Å²) >= 11 is 0. The first kappa shape index (κ1) is 17.3.